The van der Waals surface area contributed by atoms with Gasteiger partial charge in [0.25, 0.3) is 0 Å². The Hall–Kier alpha value is -0.453. The normalized spacial score (nSPS) is 39.4. The summed E-state index contributed by atoms with van der Waals surface area (Å²) < 4.78 is 6.64. The second kappa shape index (κ2) is 5.28. The number of aliphatic hydroxyl groups is 1. The predicted octanol–water partition coefficient (Wildman–Crippen LogP) is 4.07. The summed E-state index contributed by atoms with van der Waals surface area (Å²) >= 11 is 0. The van der Waals surface area contributed by atoms with Gasteiger partial charge in [0.15, 0.2) is 14.6 Å². The first-order valence-corrected chi connectivity index (χ1v) is 11.3. The van der Waals surface area contributed by atoms with Gasteiger partial charge >= 0.3 is 0 Å². The van der Waals surface area contributed by atoms with Crippen LogP contribution >= 0.6 is 0 Å². The minimum atomic E-state index is -2.10. The van der Waals surface area contributed by atoms with Crippen molar-refractivity contribution in [1.29, 1.82) is 0 Å². The van der Waals surface area contributed by atoms with E-state index in [1.807, 2.05) is 6.92 Å². The average molecular weight is 325 g/mol. The molecule has 0 amide bonds. The minimum absolute atomic E-state index is 0.0408. The molecular weight excluding hydrogens is 292 g/mol. The maximum absolute atomic E-state index is 12.2. The Kier molecular flexibility index (Phi) is 4.30. The molecule has 0 radical (unpaired) electrons. The lowest BCUT2D eigenvalue weighted by Gasteiger charge is -2.51. The van der Waals surface area contributed by atoms with Crippen LogP contribution in [0.3, 0.4) is 0 Å². The van der Waals surface area contributed by atoms with Crippen LogP contribution in [-0.2, 0) is 9.22 Å². The average Bonchev–Trinajstić information content (AvgIpc) is 2.69. The molecule has 2 aliphatic carbocycles. The Labute approximate surface area is 136 Å². The number of allylic oxidation sites excluding steroid dienone is 1. The molecule has 0 bridgehead atoms. The highest BCUT2D eigenvalue weighted by molar-refractivity contribution is 6.74. The van der Waals surface area contributed by atoms with Gasteiger partial charge in [-0.3, -0.25) is 0 Å². The second-order valence-electron chi connectivity index (χ2n) is 9.07. The van der Waals surface area contributed by atoms with Gasteiger partial charge in [0.2, 0.25) is 0 Å². The Morgan fingerprint density at radius 3 is 2.50 bits per heavy atom. The van der Waals surface area contributed by atoms with Crippen molar-refractivity contribution in [2.75, 3.05) is 0 Å². The maximum Gasteiger partial charge on any atom is 0.193 e. The van der Waals surface area contributed by atoms with Gasteiger partial charge in [0, 0.05) is 12.3 Å². The molecule has 22 heavy (non-hydrogen) atoms. The van der Waals surface area contributed by atoms with E-state index in [-0.39, 0.29) is 16.9 Å². The van der Waals surface area contributed by atoms with E-state index in [0.717, 1.165) is 19.1 Å². The number of hydrogen-bond donors (Lipinski definition) is 1. The summed E-state index contributed by atoms with van der Waals surface area (Å²) in [6, 6.07) is 0. The van der Waals surface area contributed by atoms with Crippen molar-refractivity contribution < 1.29 is 14.3 Å². The van der Waals surface area contributed by atoms with Crippen LogP contribution in [0.5, 0.6) is 0 Å². The summed E-state index contributed by atoms with van der Waals surface area (Å²) in [6.07, 6.45) is 5.42. The topological polar surface area (TPSA) is 46.5 Å². The first kappa shape index (κ1) is 17.9. The predicted molar refractivity (Wildman–Crippen MR) is 92.3 cm³/mol. The van der Waals surface area contributed by atoms with Crippen molar-refractivity contribution in [1.82, 2.24) is 0 Å². The summed E-state index contributed by atoms with van der Waals surface area (Å²) in [5.41, 5.74) is -0.393. The second-order valence-corrected chi connectivity index (χ2v) is 13.8. The smallest absolute Gasteiger partial charge is 0.193 e. The fraction of sp³-hybridized carbons (Fsp3) is 0.833. The zero-order valence-corrected chi connectivity index (χ0v) is 16.2. The van der Waals surface area contributed by atoms with E-state index < -0.39 is 19.5 Å². The third-order valence-electron chi connectivity index (χ3n) is 6.34. The summed E-state index contributed by atoms with van der Waals surface area (Å²) in [6.45, 7) is 14.9. The fourth-order valence-electron chi connectivity index (χ4n) is 4.04. The van der Waals surface area contributed by atoms with Gasteiger partial charge in [-0.25, -0.2) is 0 Å². The summed E-state index contributed by atoms with van der Waals surface area (Å²) in [4.78, 5) is 12.2. The molecule has 1 fully saturated rings. The number of hydrogen-bond acceptors (Lipinski definition) is 3. The molecule has 0 heterocycles. The minimum Gasteiger partial charge on any atom is -0.404 e. The number of aldehydes is 1. The molecule has 0 aromatic heterocycles. The van der Waals surface area contributed by atoms with Crippen molar-refractivity contribution in [3.05, 3.63) is 11.6 Å². The highest BCUT2D eigenvalue weighted by atomic mass is 28.4. The highest BCUT2D eigenvalue weighted by Gasteiger charge is 2.60. The molecule has 0 spiro atoms. The molecular formula is C18H32O3Si. The Morgan fingerprint density at radius 1 is 1.41 bits per heavy atom. The monoisotopic (exact) mass is 324 g/mol. The molecule has 1 saturated carbocycles. The third-order valence-corrected chi connectivity index (χ3v) is 10.8. The van der Waals surface area contributed by atoms with Crippen LogP contribution in [0.4, 0.5) is 0 Å². The van der Waals surface area contributed by atoms with E-state index in [0.29, 0.717) is 6.42 Å². The lowest BCUT2D eigenvalue weighted by molar-refractivity contribution is -0.143. The standard InChI is InChI=1S/C18H32O3Si/c1-13-8-11-18(12-19,21-22(6,7)16(2,3)4)15-14(13)9-10-17(15,5)20/h8,12,14-15,20H,9-11H2,1-7H3/t14-,15-,17-,18+/m1/s1. The van der Waals surface area contributed by atoms with E-state index >= 15 is 0 Å². The van der Waals surface area contributed by atoms with Gasteiger partial charge in [0.05, 0.1) is 5.60 Å². The van der Waals surface area contributed by atoms with E-state index in [1.165, 1.54) is 5.57 Å². The molecule has 1 N–H and O–H groups in total. The lowest BCUT2D eigenvalue weighted by atomic mass is 9.67. The maximum atomic E-state index is 12.2. The van der Waals surface area contributed by atoms with Gasteiger partial charge < -0.3 is 14.3 Å². The molecule has 0 aromatic rings. The molecule has 0 saturated heterocycles. The van der Waals surface area contributed by atoms with Crippen LogP contribution in [-0.4, -0.2) is 30.9 Å². The third kappa shape index (κ3) is 2.74. The fourth-order valence-corrected chi connectivity index (χ4v) is 5.55. The Morgan fingerprint density at radius 2 is 2.00 bits per heavy atom. The van der Waals surface area contributed by atoms with Crippen molar-refractivity contribution in [3.8, 4) is 0 Å². The van der Waals surface area contributed by atoms with Crippen LogP contribution in [0.2, 0.25) is 18.1 Å². The van der Waals surface area contributed by atoms with Crippen molar-refractivity contribution in [2.24, 2.45) is 11.8 Å². The van der Waals surface area contributed by atoms with Crippen molar-refractivity contribution >= 4 is 14.6 Å². The van der Waals surface area contributed by atoms with E-state index in [9.17, 15) is 9.90 Å². The molecule has 3 nitrogen and oxygen atoms in total. The molecule has 0 aliphatic heterocycles. The van der Waals surface area contributed by atoms with Crippen LogP contribution < -0.4 is 0 Å². The van der Waals surface area contributed by atoms with Gasteiger partial charge in [-0.2, -0.15) is 0 Å². The SMILES string of the molecule is CC1=CC[C@@](C=O)(O[Si](C)(C)C(C)(C)C)[C@@H]2[C@@H]1CC[C@@]2(C)O. The number of carbonyl (C=O) groups excluding carboxylic acids is 1. The molecule has 2 rings (SSSR count). The largest absolute Gasteiger partial charge is 0.404 e. The molecule has 126 valence electrons. The molecule has 0 unspecified atom stereocenters. The van der Waals surface area contributed by atoms with Gasteiger partial charge in [-0.1, -0.05) is 32.4 Å². The van der Waals surface area contributed by atoms with Crippen LogP contribution in [0.15, 0.2) is 11.6 Å². The Balaban J connectivity index is 2.46. The van der Waals surface area contributed by atoms with Gasteiger partial charge in [-0.15, -0.1) is 0 Å². The first-order valence-electron chi connectivity index (χ1n) is 8.42. The van der Waals surface area contributed by atoms with Crippen molar-refractivity contribution in [2.45, 2.75) is 83.2 Å². The number of rotatable bonds is 3. The van der Waals surface area contributed by atoms with E-state index in [1.54, 1.807) is 0 Å². The quantitative estimate of drug-likeness (QED) is 0.483. The zero-order chi connectivity index (χ0) is 17.0. The summed E-state index contributed by atoms with van der Waals surface area (Å²) in [7, 11) is -2.10. The molecule has 4 heteroatoms. The molecule has 2 aliphatic rings. The summed E-state index contributed by atoms with van der Waals surface area (Å²) in [5.74, 6) is 0.135. The first-order chi connectivity index (χ1) is 9.86. The van der Waals surface area contributed by atoms with Crippen LogP contribution in [0.1, 0.15) is 53.9 Å². The Bertz CT molecular complexity index is 487. The van der Waals surface area contributed by atoms with Gasteiger partial charge in [-0.05, 0) is 50.7 Å². The molecule has 4 atom stereocenters. The number of fused-ring (bicyclic) bond motifs is 1. The number of carbonyl (C=O) groups is 1. The lowest BCUT2D eigenvalue weighted by Crippen LogP contribution is -2.60. The van der Waals surface area contributed by atoms with E-state index in [4.69, 9.17) is 4.43 Å². The van der Waals surface area contributed by atoms with Crippen LogP contribution in [0.25, 0.3) is 0 Å². The highest BCUT2D eigenvalue weighted by Crippen LogP contribution is 2.55. The van der Waals surface area contributed by atoms with E-state index in [2.05, 4.69) is 46.9 Å². The zero-order valence-electron chi connectivity index (χ0n) is 15.2. The van der Waals surface area contributed by atoms with Gasteiger partial charge in [0.1, 0.15) is 5.60 Å². The molecule has 0 aromatic carbocycles. The van der Waals surface area contributed by atoms with Crippen molar-refractivity contribution in [3.63, 3.8) is 0 Å². The summed E-state index contributed by atoms with van der Waals surface area (Å²) in [5, 5.41) is 11.0. The van der Waals surface area contributed by atoms with Crippen LogP contribution in [0, 0.1) is 11.8 Å².